The summed E-state index contributed by atoms with van der Waals surface area (Å²) in [6.45, 7) is 0. The van der Waals surface area contributed by atoms with Gasteiger partial charge < -0.3 is 4.42 Å². The molecule has 0 N–H and O–H groups in total. The van der Waals surface area contributed by atoms with Gasteiger partial charge in [-0.1, -0.05) is 158 Å². The number of hydrogen-bond donors (Lipinski definition) is 0. The number of fused-ring (bicyclic) bond motifs is 8. The molecule has 0 saturated heterocycles. The summed E-state index contributed by atoms with van der Waals surface area (Å²) < 4.78 is 9.11. The molecular formula is C48H32OS. The van der Waals surface area contributed by atoms with Crippen molar-refractivity contribution < 1.29 is 4.42 Å². The SMILES string of the molecule is c1ccc(-c2ccc(C(Cc3cc4sc5ccccc5c4c4ccccc34)c3ccc(-c4cccc5c4oc4ccccc45)cc3)cc2)cc1. The number of furan rings is 1. The Morgan fingerprint density at radius 3 is 1.82 bits per heavy atom. The molecule has 0 fully saturated rings. The monoisotopic (exact) mass is 656 g/mol. The van der Waals surface area contributed by atoms with Gasteiger partial charge in [0.15, 0.2) is 0 Å². The quantitative estimate of drug-likeness (QED) is 0.174. The summed E-state index contributed by atoms with van der Waals surface area (Å²) in [6.07, 6.45) is 0.897. The average molecular weight is 657 g/mol. The number of para-hydroxylation sites is 2. The molecule has 10 rings (SSSR count). The zero-order valence-electron chi connectivity index (χ0n) is 27.3. The maximum absolute atomic E-state index is 6.41. The highest BCUT2D eigenvalue weighted by atomic mass is 32.1. The van der Waals surface area contributed by atoms with Crippen LogP contribution in [0.25, 0.3) is 75.1 Å². The van der Waals surface area contributed by atoms with Crippen LogP contribution in [-0.4, -0.2) is 0 Å². The highest BCUT2D eigenvalue weighted by Crippen LogP contribution is 2.42. The molecule has 8 aromatic carbocycles. The molecule has 0 saturated carbocycles. The van der Waals surface area contributed by atoms with Crippen LogP contribution in [0.2, 0.25) is 0 Å². The molecule has 1 nitrogen and oxygen atoms in total. The molecule has 2 heteroatoms. The first-order chi connectivity index (χ1) is 24.8. The highest BCUT2D eigenvalue weighted by molar-refractivity contribution is 7.26. The van der Waals surface area contributed by atoms with Gasteiger partial charge in [-0.3, -0.25) is 0 Å². The lowest BCUT2D eigenvalue weighted by molar-refractivity contribution is 0.670. The third-order valence-electron chi connectivity index (χ3n) is 10.3. The topological polar surface area (TPSA) is 13.1 Å². The van der Waals surface area contributed by atoms with Crippen LogP contribution in [0, 0.1) is 0 Å². The van der Waals surface area contributed by atoms with E-state index in [2.05, 4.69) is 170 Å². The fraction of sp³-hybridized carbons (Fsp3) is 0.0417. The first kappa shape index (κ1) is 29.0. The lowest BCUT2D eigenvalue weighted by Crippen LogP contribution is -2.06. The lowest BCUT2D eigenvalue weighted by atomic mass is 9.83. The zero-order chi connectivity index (χ0) is 33.0. The van der Waals surface area contributed by atoms with E-state index in [1.165, 1.54) is 58.8 Å². The fourth-order valence-electron chi connectivity index (χ4n) is 7.89. The Bertz CT molecular complexity index is 2820. The van der Waals surface area contributed by atoms with E-state index in [1.807, 2.05) is 17.4 Å². The first-order valence-corrected chi connectivity index (χ1v) is 18.1. The van der Waals surface area contributed by atoms with Gasteiger partial charge >= 0.3 is 0 Å². The van der Waals surface area contributed by atoms with Crippen LogP contribution in [0.15, 0.2) is 180 Å². The van der Waals surface area contributed by atoms with Crippen LogP contribution < -0.4 is 0 Å². The number of benzene rings is 8. The first-order valence-electron chi connectivity index (χ1n) is 17.3. The molecule has 0 aliphatic carbocycles. The molecule has 236 valence electrons. The zero-order valence-corrected chi connectivity index (χ0v) is 28.2. The molecule has 50 heavy (non-hydrogen) atoms. The summed E-state index contributed by atoms with van der Waals surface area (Å²) in [7, 11) is 0. The van der Waals surface area contributed by atoms with E-state index >= 15 is 0 Å². The highest BCUT2D eigenvalue weighted by Gasteiger charge is 2.20. The molecule has 0 aliphatic heterocycles. The van der Waals surface area contributed by atoms with Crippen molar-refractivity contribution in [3.63, 3.8) is 0 Å². The van der Waals surface area contributed by atoms with Crippen molar-refractivity contribution in [2.45, 2.75) is 12.3 Å². The number of thiophene rings is 1. The maximum atomic E-state index is 6.41. The van der Waals surface area contributed by atoms with Crippen molar-refractivity contribution in [3.8, 4) is 22.3 Å². The molecule has 2 heterocycles. The van der Waals surface area contributed by atoms with Crippen LogP contribution >= 0.6 is 11.3 Å². The minimum Gasteiger partial charge on any atom is -0.455 e. The molecular weight excluding hydrogens is 625 g/mol. The van der Waals surface area contributed by atoms with Gasteiger partial charge in [-0.15, -0.1) is 11.3 Å². The summed E-state index contributed by atoms with van der Waals surface area (Å²) in [6, 6.07) is 64.1. The van der Waals surface area contributed by atoms with Crippen molar-refractivity contribution in [2.75, 3.05) is 0 Å². The Morgan fingerprint density at radius 1 is 0.440 bits per heavy atom. The molecule has 0 aliphatic rings. The second-order valence-corrected chi connectivity index (χ2v) is 14.3. The smallest absolute Gasteiger partial charge is 0.143 e. The molecule has 1 unspecified atom stereocenters. The van der Waals surface area contributed by atoms with E-state index < -0.39 is 0 Å². The predicted octanol–water partition coefficient (Wildman–Crippen LogP) is 13.8. The lowest BCUT2D eigenvalue weighted by Gasteiger charge is -2.21. The van der Waals surface area contributed by atoms with Gasteiger partial charge in [0, 0.05) is 42.4 Å². The molecule has 2 aromatic heterocycles. The summed E-state index contributed by atoms with van der Waals surface area (Å²) in [4.78, 5) is 0. The Balaban J connectivity index is 1.10. The molecule has 0 spiro atoms. The van der Waals surface area contributed by atoms with Crippen LogP contribution in [0.1, 0.15) is 22.6 Å². The Hall–Kier alpha value is -5.96. The van der Waals surface area contributed by atoms with E-state index in [0.717, 1.165) is 39.5 Å². The van der Waals surface area contributed by atoms with E-state index in [9.17, 15) is 0 Å². The summed E-state index contributed by atoms with van der Waals surface area (Å²) >= 11 is 1.90. The van der Waals surface area contributed by atoms with Crippen molar-refractivity contribution in [2.24, 2.45) is 0 Å². The standard InChI is InChI=1S/C48H32OS/c1-2-11-31(12-3-1)32-21-23-34(24-22-32)43(29-36-30-46-47(40-15-5-4-13-37(36)40)42-16-7-9-20-45(42)50-46)35-27-25-33(26-28-35)38-17-10-18-41-39-14-6-8-19-44(39)49-48(38)41/h1-28,30,43H,29H2. The van der Waals surface area contributed by atoms with E-state index in [4.69, 9.17) is 4.42 Å². The second-order valence-electron chi connectivity index (χ2n) is 13.2. The summed E-state index contributed by atoms with van der Waals surface area (Å²) in [5, 5.41) is 7.70. The third-order valence-corrected chi connectivity index (χ3v) is 11.5. The number of hydrogen-bond acceptors (Lipinski definition) is 2. The van der Waals surface area contributed by atoms with Crippen LogP contribution in [-0.2, 0) is 6.42 Å². The molecule has 0 amide bonds. The Morgan fingerprint density at radius 2 is 1.04 bits per heavy atom. The minimum atomic E-state index is 0.172. The van der Waals surface area contributed by atoms with E-state index in [1.54, 1.807) is 0 Å². The normalized spacial score (nSPS) is 12.4. The fourth-order valence-corrected chi connectivity index (χ4v) is 9.07. The molecule has 10 aromatic rings. The van der Waals surface area contributed by atoms with Gasteiger partial charge in [0.05, 0.1) is 0 Å². The van der Waals surface area contributed by atoms with Gasteiger partial charge in [-0.25, -0.2) is 0 Å². The second kappa shape index (κ2) is 11.9. The Kier molecular flexibility index (Phi) is 6.89. The Labute approximate surface area is 294 Å². The van der Waals surface area contributed by atoms with E-state index in [0.29, 0.717) is 0 Å². The van der Waals surface area contributed by atoms with Crippen LogP contribution in [0.3, 0.4) is 0 Å². The average Bonchev–Trinajstić information content (AvgIpc) is 3.76. The maximum Gasteiger partial charge on any atom is 0.143 e. The minimum absolute atomic E-state index is 0.172. The van der Waals surface area contributed by atoms with Crippen molar-refractivity contribution in [1.29, 1.82) is 0 Å². The van der Waals surface area contributed by atoms with E-state index in [-0.39, 0.29) is 5.92 Å². The number of rotatable bonds is 6. The third kappa shape index (κ3) is 4.83. The van der Waals surface area contributed by atoms with Crippen molar-refractivity contribution in [3.05, 3.63) is 193 Å². The van der Waals surface area contributed by atoms with Gasteiger partial charge in [0.1, 0.15) is 11.2 Å². The van der Waals surface area contributed by atoms with Crippen molar-refractivity contribution >= 4 is 64.2 Å². The van der Waals surface area contributed by atoms with Gasteiger partial charge in [0.2, 0.25) is 0 Å². The van der Waals surface area contributed by atoms with Gasteiger partial charge in [-0.05, 0) is 68.8 Å². The summed E-state index contributed by atoms with van der Waals surface area (Å²) in [5.41, 5.74) is 10.6. The predicted molar refractivity (Wildman–Crippen MR) is 213 cm³/mol. The molecule has 0 radical (unpaired) electrons. The van der Waals surface area contributed by atoms with Gasteiger partial charge in [-0.2, -0.15) is 0 Å². The van der Waals surface area contributed by atoms with Crippen LogP contribution in [0.4, 0.5) is 0 Å². The molecule has 1 atom stereocenters. The summed E-state index contributed by atoms with van der Waals surface area (Å²) in [5.74, 6) is 0.172. The van der Waals surface area contributed by atoms with Crippen LogP contribution in [0.5, 0.6) is 0 Å². The van der Waals surface area contributed by atoms with Crippen molar-refractivity contribution in [1.82, 2.24) is 0 Å². The largest absolute Gasteiger partial charge is 0.455 e. The molecule has 0 bridgehead atoms. The van der Waals surface area contributed by atoms with Gasteiger partial charge in [0.25, 0.3) is 0 Å².